The number of ether oxygens (including phenoxy) is 3. The van der Waals surface area contributed by atoms with E-state index < -0.39 is 70.6 Å². The summed E-state index contributed by atoms with van der Waals surface area (Å²) in [5.41, 5.74) is 0. The lowest BCUT2D eigenvalue weighted by Gasteiger charge is -2.33. The molecule has 0 rings (SSSR count). The molecule has 0 amide bonds. The molecule has 0 saturated carbocycles. The molecule has 30 heavy (non-hydrogen) atoms. The molecule has 0 heterocycles. The maximum atomic E-state index is 13.4. The first kappa shape index (κ1) is 27.7. The second-order valence-electron chi connectivity index (χ2n) is 5.29. The molecule has 0 aliphatic rings. The zero-order chi connectivity index (χ0) is 24.2. The maximum Gasteiger partial charge on any atom is 0.468 e. The van der Waals surface area contributed by atoms with E-state index in [1.165, 1.54) is 0 Å². The summed E-state index contributed by atoms with van der Waals surface area (Å²) in [6.45, 7) is -0.0383. The lowest BCUT2D eigenvalue weighted by Crippen LogP contribution is -2.59. The Morgan fingerprint density at radius 2 is 1.57 bits per heavy atom. The monoisotopic (exact) mass is 477 g/mol. The molecule has 0 N–H and O–H groups in total. The normalized spacial score (nSPS) is 15.1. The average molecular weight is 477 g/mol. The van der Waals surface area contributed by atoms with Crippen molar-refractivity contribution in [3.8, 4) is 0 Å². The van der Waals surface area contributed by atoms with Gasteiger partial charge in [0, 0.05) is 12.5 Å². The van der Waals surface area contributed by atoms with Gasteiger partial charge < -0.3 is 18.8 Å². The molecule has 0 aromatic rings. The summed E-state index contributed by atoms with van der Waals surface area (Å²) in [5.74, 6) is -16.2. The minimum absolute atomic E-state index is 0.0782. The van der Waals surface area contributed by atoms with E-state index in [1.54, 1.807) is 0 Å². The van der Waals surface area contributed by atoms with Crippen LogP contribution in [-0.4, -0.2) is 67.0 Å². The Morgan fingerprint density at radius 1 is 1.07 bits per heavy atom. The summed E-state index contributed by atoms with van der Waals surface area (Å²) < 4.78 is 135. The number of hydrogen-bond donors (Lipinski definition) is 0. The molecule has 0 aliphatic heterocycles. The highest BCUT2D eigenvalue weighted by molar-refractivity contribution is 7.86. The second kappa shape index (κ2) is 9.25. The Hall–Kier alpha value is -2.27. The predicted molar refractivity (Wildman–Crippen MR) is 76.9 cm³/mol. The van der Waals surface area contributed by atoms with Gasteiger partial charge in [0.1, 0.15) is 6.61 Å². The topological polar surface area (TPSA) is 136 Å². The van der Waals surface area contributed by atoms with Crippen LogP contribution >= 0.6 is 0 Å². The summed E-state index contributed by atoms with van der Waals surface area (Å²) in [4.78, 5) is 33.7. The first-order valence-corrected chi connectivity index (χ1v) is 8.60. The van der Waals surface area contributed by atoms with Crippen LogP contribution in [0.1, 0.15) is 13.3 Å². The molecule has 1 unspecified atom stereocenters. The Bertz CT molecular complexity index is 791. The van der Waals surface area contributed by atoms with Crippen LogP contribution in [0.15, 0.2) is 12.7 Å². The lowest BCUT2D eigenvalue weighted by atomic mass is 10.2. The molecular formula is C13H12F7O9S-. The van der Waals surface area contributed by atoms with Gasteiger partial charge in [-0.15, -0.1) is 0 Å². The van der Waals surface area contributed by atoms with Crippen LogP contribution in [0.4, 0.5) is 30.7 Å². The number of rotatable bonds is 11. The molecule has 9 nitrogen and oxygen atoms in total. The van der Waals surface area contributed by atoms with Gasteiger partial charge in [0.15, 0.2) is 15.9 Å². The summed E-state index contributed by atoms with van der Waals surface area (Å²) in [6.07, 6.45) is -8.54. The molecule has 0 bridgehead atoms. The maximum absolute atomic E-state index is 13.4. The van der Waals surface area contributed by atoms with Crippen LogP contribution < -0.4 is 0 Å². The largest absolute Gasteiger partial charge is 0.743 e. The highest BCUT2D eigenvalue weighted by atomic mass is 32.2. The Kier molecular flexibility index (Phi) is 8.55. The van der Waals surface area contributed by atoms with Crippen molar-refractivity contribution in [2.75, 3.05) is 13.2 Å². The third-order valence-corrected chi connectivity index (χ3v) is 3.85. The summed E-state index contributed by atoms with van der Waals surface area (Å²) >= 11 is 0. The number of alkyl halides is 7. The van der Waals surface area contributed by atoms with Crippen LogP contribution in [0.2, 0.25) is 0 Å². The number of carbonyl (C=O) groups excluding carboxylic acids is 3. The lowest BCUT2D eigenvalue weighted by molar-refractivity contribution is -0.356. The molecule has 0 saturated heterocycles. The molecule has 17 heteroatoms. The molecule has 0 aromatic heterocycles. The molecule has 0 aliphatic carbocycles. The fraction of sp³-hybridized carbons (Fsp3) is 0.615. The zero-order valence-corrected chi connectivity index (χ0v) is 15.5. The molecule has 1 atom stereocenters. The van der Waals surface area contributed by atoms with E-state index in [0.29, 0.717) is 0 Å². The Balaban J connectivity index is 5.94. The van der Waals surface area contributed by atoms with E-state index in [4.69, 9.17) is 0 Å². The first-order chi connectivity index (χ1) is 13.2. The Morgan fingerprint density at radius 3 is 1.93 bits per heavy atom. The number of Topliss-reactive ketones (excluding diaryl/α,β-unsaturated/α-hetero) is 1. The average Bonchev–Trinajstić information content (AvgIpc) is 2.55. The van der Waals surface area contributed by atoms with Crippen molar-refractivity contribution in [3.63, 3.8) is 0 Å². The predicted octanol–water partition coefficient (Wildman–Crippen LogP) is 1.29. The summed E-state index contributed by atoms with van der Waals surface area (Å²) in [7, 11) is -6.95. The number of carbonyl (C=O) groups is 3. The highest BCUT2D eigenvalue weighted by Crippen LogP contribution is 2.42. The minimum atomic E-state index is -6.95. The van der Waals surface area contributed by atoms with Crippen LogP contribution in [0.3, 0.4) is 0 Å². The summed E-state index contributed by atoms with van der Waals surface area (Å²) in [6, 6.07) is 0. The van der Waals surface area contributed by atoms with Gasteiger partial charge in [0.2, 0.25) is 0 Å². The fourth-order valence-corrected chi connectivity index (χ4v) is 1.95. The van der Waals surface area contributed by atoms with Gasteiger partial charge in [-0.1, -0.05) is 6.58 Å². The van der Waals surface area contributed by atoms with E-state index in [9.17, 15) is 58.1 Å². The summed E-state index contributed by atoms with van der Waals surface area (Å²) in [5, 5.41) is -6.25. The fourth-order valence-electron chi connectivity index (χ4n) is 1.48. The number of ketones is 1. The SMILES string of the molecule is C=CC(=O)OC(OCCC(F)(F)C(F)(F)S(=O)(=O)[O-])(C(=O)OCC(C)=O)C(F)(F)F. The number of hydrogen-bond acceptors (Lipinski definition) is 9. The van der Waals surface area contributed by atoms with Crippen molar-refractivity contribution < 1.29 is 72.3 Å². The molecule has 0 fully saturated rings. The standard InChI is InChI=1S/C13H13F7O9S/c1-3-8(22)29-11(12(16,17)18,9(23)27-6-7(2)21)28-5-4-10(14,15)13(19,20)30(24,25)26/h3H,1,4-6H2,2H3,(H,24,25,26)/p-1. The second-order valence-corrected chi connectivity index (χ2v) is 6.71. The quantitative estimate of drug-likeness (QED) is 0.142. The highest BCUT2D eigenvalue weighted by Gasteiger charge is 2.68. The number of esters is 2. The zero-order valence-electron chi connectivity index (χ0n) is 14.6. The molecule has 0 radical (unpaired) electrons. The Labute approximate surface area is 163 Å². The van der Waals surface area contributed by atoms with Gasteiger partial charge in [-0.25, -0.2) is 18.0 Å². The van der Waals surface area contributed by atoms with E-state index >= 15 is 0 Å². The van der Waals surface area contributed by atoms with Gasteiger partial charge >= 0.3 is 35.1 Å². The van der Waals surface area contributed by atoms with E-state index in [1.807, 2.05) is 0 Å². The van der Waals surface area contributed by atoms with Gasteiger partial charge in [0.25, 0.3) is 0 Å². The van der Waals surface area contributed by atoms with Gasteiger partial charge in [0.05, 0.1) is 6.61 Å². The van der Waals surface area contributed by atoms with E-state index in [2.05, 4.69) is 20.8 Å². The molecule has 0 aromatic carbocycles. The number of halogens is 7. The van der Waals surface area contributed by atoms with Crippen molar-refractivity contribution in [1.82, 2.24) is 0 Å². The molecule has 0 spiro atoms. The first-order valence-electron chi connectivity index (χ1n) is 7.19. The van der Waals surface area contributed by atoms with Crippen molar-refractivity contribution in [1.29, 1.82) is 0 Å². The van der Waals surface area contributed by atoms with Crippen molar-refractivity contribution in [3.05, 3.63) is 12.7 Å². The van der Waals surface area contributed by atoms with Crippen LogP contribution in [0, 0.1) is 0 Å². The molecular weight excluding hydrogens is 465 g/mol. The van der Waals surface area contributed by atoms with Gasteiger partial charge in [-0.05, 0) is 6.92 Å². The third kappa shape index (κ3) is 6.11. The van der Waals surface area contributed by atoms with Gasteiger partial charge in [-0.2, -0.15) is 30.7 Å². The van der Waals surface area contributed by atoms with Crippen molar-refractivity contribution in [2.45, 2.75) is 36.5 Å². The van der Waals surface area contributed by atoms with Crippen LogP contribution in [0.25, 0.3) is 0 Å². The van der Waals surface area contributed by atoms with Crippen molar-refractivity contribution in [2.24, 2.45) is 0 Å². The van der Waals surface area contributed by atoms with Crippen LogP contribution in [-0.2, 0) is 38.7 Å². The van der Waals surface area contributed by atoms with E-state index in [0.717, 1.165) is 6.92 Å². The van der Waals surface area contributed by atoms with Gasteiger partial charge in [-0.3, -0.25) is 4.79 Å². The van der Waals surface area contributed by atoms with Crippen LogP contribution in [0.5, 0.6) is 0 Å². The third-order valence-electron chi connectivity index (χ3n) is 2.92. The van der Waals surface area contributed by atoms with Crippen molar-refractivity contribution >= 4 is 27.8 Å². The molecule has 174 valence electrons. The van der Waals surface area contributed by atoms with E-state index in [-0.39, 0.29) is 6.08 Å². The minimum Gasteiger partial charge on any atom is -0.743 e. The smallest absolute Gasteiger partial charge is 0.468 e.